The molecular weight excluding hydrogens is 323 g/mol. The van der Waals surface area contributed by atoms with Gasteiger partial charge in [0.1, 0.15) is 23.9 Å². The number of rotatable bonds is 6. The molecule has 2 rings (SSSR count). The predicted octanol–water partition coefficient (Wildman–Crippen LogP) is 4.16. The van der Waals surface area contributed by atoms with E-state index in [-0.39, 0.29) is 11.6 Å². The minimum Gasteiger partial charge on any atom is -0.496 e. The molecule has 0 saturated heterocycles. The molecule has 0 spiro atoms. The molecule has 0 aliphatic rings. The van der Waals surface area contributed by atoms with E-state index < -0.39 is 11.8 Å². The number of methoxy groups -OCH3 is 1. The SMILES string of the molecule is COc1ccc(C=CC(=O)O)cc1COc1ccc(Cl)c(F)c1. The Morgan fingerprint density at radius 3 is 2.74 bits per heavy atom. The largest absolute Gasteiger partial charge is 0.496 e. The average molecular weight is 337 g/mol. The van der Waals surface area contributed by atoms with Crippen molar-refractivity contribution in [2.24, 2.45) is 0 Å². The minimum atomic E-state index is -1.03. The van der Waals surface area contributed by atoms with Crippen LogP contribution in [0.3, 0.4) is 0 Å². The molecule has 6 heteroatoms. The highest BCUT2D eigenvalue weighted by Crippen LogP contribution is 2.25. The van der Waals surface area contributed by atoms with Crippen LogP contribution in [0, 0.1) is 5.82 Å². The van der Waals surface area contributed by atoms with Crippen LogP contribution in [-0.4, -0.2) is 18.2 Å². The van der Waals surface area contributed by atoms with Crippen molar-refractivity contribution in [3.8, 4) is 11.5 Å². The lowest BCUT2D eigenvalue weighted by atomic mass is 10.1. The van der Waals surface area contributed by atoms with Crippen LogP contribution in [0.1, 0.15) is 11.1 Å². The number of carboxylic acids is 1. The summed E-state index contributed by atoms with van der Waals surface area (Å²) in [5, 5.41) is 8.69. The maximum atomic E-state index is 13.4. The molecule has 0 aliphatic carbocycles. The van der Waals surface area contributed by atoms with Gasteiger partial charge < -0.3 is 14.6 Å². The predicted molar refractivity (Wildman–Crippen MR) is 85.4 cm³/mol. The van der Waals surface area contributed by atoms with Gasteiger partial charge in [-0.1, -0.05) is 17.7 Å². The first kappa shape index (κ1) is 16.8. The zero-order chi connectivity index (χ0) is 16.8. The van der Waals surface area contributed by atoms with Gasteiger partial charge in [-0.3, -0.25) is 0 Å². The first-order valence-electron chi connectivity index (χ1n) is 6.65. The fraction of sp³-hybridized carbons (Fsp3) is 0.118. The Morgan fingerprint density at radius 2 is 2.09 bits per heavy atom. The minimum absolute atomic E-state index is 0.0238. The number of aliphatic carboxylic acids is 1. The maximum Gasteiger partial charge on any atom is 0.328 e. The van der Waals surface area contributed by atoms with E-state index in [0.717, 1.165) is 6.08 Å². The lowest BCUT2D eigenvalue weighted by Crippen LogP contribution is -2.00. The van der Waals surface area contributed by atoms with Crippen molar-refractivity contribution in [2.45, 2.75) is 6.61 Å². The van der Waals surface area contributed by atoms with E-state index in [1.54, 1.807) is 24.3 Å². The Balaban J connectivity index is 2.18. The third kappa shape index (κ3) is 4.72. The molecule has 2 aromatic rings. The van der Waals surface area contributed by atoms with Gasteiger partial charge in [-0.25, -0.2) is 9.18 Å². The molecule has 0 bridgehead atoms. The number of carbonyl (C=O) groups is 1. The number of halogens is 2. The molecular formula is C17H14ClFO4. The number of hydrogen-bond acceptors (Lipinski definition) is 3. The molecule has 1 N–H and O–H groups in total. The van der Waals surface area contributed by atoms with Gasteiger partial charge in [0.25, 0.3) is 0 Å². The second-order valence-corrected chi connectivity index (χ2v) is 5.01. The molecule has 0 fully saturated rings. The Hall–Kier alpha value is -2.53. The van der Waals surface area contributed by atoms with E-state index in [1.165, 1.54) is 25.3 Å². The summed E-state index contributed by atoms with van der Waals surface area (Å²) in [7, 11) is 1.52. The van der Waals surface area contributed by atoms with E-state index >= 15 is 0 Å². The van der Waals surface area contributed by atoms with Crippen molar-refractivity contribution in [2.75, 3.05) is 7.11 Å². The first-order valence-corrected chi connectivity index (χ1v) is 7.03. The van der Waals surface area contributed by atoms with Crippen LogP contribution in [-0.2, 0) is 11.4 Å². The smallest absolute Gasteiger partial charge is 0.328 e. The van der Waals surface area contributed by atoms with Crippen molar-refractivity contribution in [1.82, 2.24) is 0 Å². The van der Waals surface area contributed by atoms with Crippen LogP contribution in [0.5, 0.6) is 11.5 Å². The molecule has 4 nitrogen and oxygen atoms in total. The fourth-order valence-corrected chi connectivity index (χ4v) is 2.03. The van der Waals surface area contributed by atoms with Crippen molar-refractivity contribution >= 4 is 23.6 Å². The van der Waals surface area contributed by atoms with Gasteiger partial charge in [-0.2, -0.15) is 0 Å². The van der Waals surface area contributed by atoms with Crippen LogP contribution in [0.2, 0.25) is 5.02 Å². The second-order valence-electron chi connectivity index (χ2n) is 4.61. The van der Waals surface area contributed by atoms with E-state index in [4.69, 9.17) is 26.2 Å². The van der Waals surface area contributed by atoms with E-state index in [2.05, 4.69) is 0 Å². The molecule has 2 aromatic carbocycles. The number of ether oxygens (including phenoxy) is 2. The highest BCUT2D eigenvalue weighted by molar-refractivity contribution is 6.30. The van der Waals surface area contributed by atoms with E-state index in [0.29, 0.717) is 22.6 Å². The van der Waals surface area contributed by atoms with Gasteiger partial charge in [0.2, 0.25) is 0 Å². The zero-order valence-electron chi connectivity index (χ0n) is 12.3. The van der Waals surface area contributed by atoms with Gasteiger partial charge >= 0.3 is 5.97 Å². The summed E-state index contributed by atoms with van der Waals surface area (Å²) < 4.78 is 24.2. The molecule has 0 saturated carbocycles. The molecule has 0 radical (unpaired) electrons. The summed E-state index contributed by atoms with van der Waals surface area (Å²) in [5.41, 5.74) is 1.39. The third-order valence-electron chi connectivity index (χ3n) is 3.01. The molecule has 120 valence electrons. The standard InChI is InChI=1S/C17H14ClFO4/c1-22-16-6-2-11(3-7-17(20)21)8-12(16)10-23-13-4-5-14(18)15(19)9-13/h2-9H,10H2,1H3,(H,20,21). The topological polar surface area (TPSA) is 55.8 Å². The van der Waals surface area contributed by atoms with Crippen LogP contribution in [0.15, 0.2) is 42.5 Å². The third-order valence-corrected chi connectivity index (χ3v) is 3.31. The van der Waals surface area contributed by atoms with E-state index in [1.807, 2.05) is 0 Å². The summed E-state index contributed by atoms with van der Waals surface area (Å²) in [6, 6.07) is 9.35. The highest BCUT2D eigenvalue weighted by Gasteiger charge is 2.07. The van der Waals surface area contributed by atoms with Gasteiger partial charge in [-0.15, -0.1) is 0 Å². The molecule has 0 unspecified atom stereocenters. The maximum absolute atomic E-state index is 13.4. The van der Waals surface area contributed by atoms with Gasteiger partial charge in [0, 0.05) is 17.7 Å². The van der Waals surface area contributed by atoms with Crippen molar-refractivity contribution in [3.63, 3.8) is 0 Å². The summed E-state index contributed by atoms with van der Waals surface area (Å²) in [6.07, 6.45) is 2.51. The second kappa shape index (κ2) is 7.65. The number of hydrogen-bond donors (Lipinski definition) is 1. The molecule has 0 aliphatic heterocycles. The first-order chi connectivity index (χ1) is 11.0. The highest BCUT2D eigenvalue weighted by atomic mass is 35.5. The van der Waals surface area contributed by atoms with Crippen LogP contribution < -0.4 is 9.47 Å². The average Bonchev–Trinajstić information content (AvgIpc) is 2.54. The number of carboxylic acid groups (broad SMARTS) is 1. The Labute approximate surface area is 137 Å². The monoisotopic (exact) mass is 336 g/mol. The lowest BCUT2D eigenvalue weighted by Gasteiger charge is -2.11. The Morgan fingerprint density at radius 1 is 1.30 bits per heavy atom. The van der Waals surface area contributed by atoms with Crippen LogP contribution in [0.25, 0.3) is 6.08 Å². The fourth-order valence-electron chi connectivity index (χ4n) is 1.91. The summed E-state index contributed by atoms with van der Waals surface area (Å²) in [4.78, 5) is 10.6. The Kier molecular flexibility index (Phi) is 5.60. The van der Waals surface area contributed by atoms with Crippen LogP contribution >= 0.6 is 11.6 Å². The van der Waals surface area contributed by atoms with Gasteiger partial charge in [-0.05, 0) is 35.9 Å². The van der Waals surface area contributed by atoms with E-state index in [9.17, 15) is 9.18 Å². The molecule has 0 aromatic heterocycles. The lowest BCUT2D eigenvalue weighted by molar-refractivity contribution is -0.131. The van der Waals surface area contributed by atoms with Crippen LogP contribution in [0.4, 0.5) is 4.39 Å². The zero-order valence-corrected chi connectivity index (χ0v) is 13.0. The van der Waals surface area contributed by atoms with Gasteiger partial charge in [0.15, 0.2) is 0 Å². The van der Waals surface area contributed by atoms with Crippen molar-refractivity contribution in [1.29, 1.82) is 0 Å². The van der Waals surface area contributed by atoms with Gasteiger partial charge in [0.05, 0.1) is 12.1 Å². The normalized spacial score (nSPS) is 10.7. The van der Waals surface area contributed by atoms with Crippen molar-refractivity contribution in [3.05, 3.63) is 64.4 Å². The van der Waals surface area contributed by atoms with Crippen molar-refractivity contribution < 1.29 is 23.8 Å². The summed E-state index contributed by atoms with van der Waals surface area (Å²) in [5.74, 6) is -0.670. The quantitative estimate of drug-likeness (QED) is 0.805. The molecule has 0 amide bonds. The molecule has 0 atom stereocenters. The summed E-state index contributed by atoms with van der Waals surface area (Å²) in [6.45, 7) is 0.138. The Bertz CT molecular complexity index is 743. The summed E-state index contributed by atoms with van der Waals surface area (Å²) >= 11 is 5.62. The number of benzene rings is 2. The molecule has 23 heavy (non-hydrogen) atoms. The molecule has 0 heterocycles.